The summed E-state index contributed by atoms with van der Waals surface area (Å²) in [5, 5.41) is 42.3. The molecule has 1 aliphatic rings. The average Bonchev–Trinajstić information content (AvgIpc) is 2.82. The second-order valence-corrected chi connectivity index (χ2v) is 4.66. The van der Waals surface area contributed by atoms with Gasteiger partial charge in [0.1, 0.15) is 18.3 Å². The van der Waals surface area contributed by atoms with Crippen LogP contribution in [-0.4, -0.2) is 62.0 Å². The molecule has 5 N–H and O–H groups in total. The maximum atomic E-state index is 10.8. The van der Waals surface area contributed by atoms with E-state index in [1.165, 1.54) is 17.5 Å². The third kappa shape index (κ3) is 2.44. The third-order valence-corrected chi connectivity index (χ3v) is 3.26. The zero-order chi connectivity index (χ0) is 13.3. The van der Waals surface area contributed by atoms with E-state index in [0.717, 1.165) is 0 Å². The molecule has 1 aromatic heterocycles. The molecule has 0 spiro atoms. The Morgan fingerprint density at radius 2 is 2.06 bits per heavy atom. The van der Waals surface area contributed by atoms with E-state index in [0.29, 0.717) is 5.13 Å². The van der Waals surface area contributed by atoms with Gasteiger partial charge < -0.3 is 30.5 Å². The van der Waals surface area contributed by atoms with Gasteiger partial charge in [-0.3, -0.25) is 0 Å². The number of thiazole rings is 1. The van der Waals surface area contributed by atoms with Crippen molar-refractivity contribution in [3.8, 4) is 0 Å². The van der Waals surface area contributed by atoms with E-state index in [1.807, 2.05) is 0 Å². The summed E-state index contributed by atoms with van der Waals surface area (Å²) in [6.45, 7) is 0. The number of ether oxygens (including phenoxy) is 1. The van der Waals surface area contributed by atoms with Crippen molar-refractivity contribution in [3.05, 3.63) is 11.6 Å². The minimum absolute atomic E-state index is 0.409. The Morgan fingerprint density at radius 1 is 1.33 bits per heavy atom. The van der Waals surface area contributed by atoms with Crippen LogP contribution in [0.1, 0.15) is 0 Å². The Morgan fingerprint density at radius 3 is 2.61 bits per heavy atom. The first kappa shape index (κ1) is 13.2. The number of carboxylic acids is 1. The van der Waals surface area contributed by atoms with Gasteiger partial charge in [-0.05, 0) is 0 Å². The van der Waals surface area contributed by atoms with Crippen molar-refractivity contribution >= 4 is 22.4 Å². The molecule has 5 unspecified atom stereocenters. The van der Waals surface area contributed by atoms with Crippen LogP contribution in [0.25, 0.3) is 0 Å². The number of hydrogen-bond acceptors (Lipinski definition) is 8. The highest BCUT2D eigenvalue weighted by molar-refractivity contribution is 7.13. The molecule has 0 amide bonds. The molecule has 1 saturated heterocycles. The molecular formula is C9H12N2O6S. The van der Waals surface area contributed by atoms with Gasteiger partial charge in [0.25, 0.3) is 0 Å². The van der Waals surface area contributed by atoms with E-state index in [-0.39, 0.29) is 0 Å². The number of anilines is 1. The van der Waals surface area contributed by atoms with Crippen molar-refractivity contribution in [2.75, 3.05) is 5.32 Å². The van der Waals surface area contributed by atoms with E-state index in [1.54, 1.807) is 5.38 Å². The Bertz CT molecular complexity index is 413. The lowest BCUT2D eigenvalue weighted by Gasteiger charge is -2.38. The fraction of sp³-hybridized carbons (Fsp3) is 0.556. The lowest BCUT2D eigenvalue weighted by Crippen LogP contribution is -2.61. The average molecular weight is 276 g/mol. The molecule has 2 heterocycles. The summed E-state index contributed by atoms with van der Waals surface area (Å²) in [4.78, 5) is 14.7. The first-order chi connectivity index (χ1) is 8.50. The van der Waals surface area contributed by atoms with Crippen molar-refractivity contribution in [2.24, 2.45) is 0 Å². The van der Waals surface area contributed by atoms with Gasteiger partial charge in [0.05, 0.1) is 0 Å². The Kier molecular flexibility index (Phi) is 3.78. The van der Waals surface area contributed by atoms with Crippen LogP contribution in [0.2, 0.25) is 0 Å². The Balaban J connectivity index is 2.12. The van der Waals surface area contributed by atoms with Crippen molar-refractivity contribution in [3.63, 3.8) is 0 Å². The molecule has 18 heavy (non-hydrogen) atoms. The summed E-state index contributed by atoms with van der Waals surface area (Å²) in [6.07, 6.45) is -6.01. The van der Waals surface area contributed by atoms with Gasteiger partial charge in [0.15, 0.2) is 17.5 Å². The number of nitrogens with zero attached hydrogens (tertiary/aromatic N) is 1. The summed E-state index contributed by atoms with van der Waals surface area (Å²) in [7, 11) is 0. The molecule has 8 nitrogen and oxygen atoms in total. The smallest absolute Gasteiger partial charge is 0.335 e. The standard InChI is InChI=1S/C9H12N2O6S/c12-3-4(13)6(8(15)16)17-7(5(3)14)11-9-10-1-2-18-9/h1-7,12-14H,(H,10,11)(H,15,16). The number of carboxylic acid groups (broad SMARTS) is 1. The zero-order valence-electron chi connectivity index (χ0n) is 9.00. The number of aliphatic carboxylic acids is 1. The molecular weight excluding hydrogens is 264 g/mol. The number of aromatic nitrogens is 1. The molecule has 0 aliphatic carbocycles. The highest BCUT2D eigenvalue weighted by atomic mass is 32.1. The highest BCUT2D eigenvalue weighted by Crippen LogP contribution is 2.23. The monoisotopic (exact) mass is 276 g/mol. The van der Waals surface area contributed by atoms with Crippen LogP contribution < -0.4 is 5.32 Å². The Labute approximate surface area is 105 Å². The van der Waals surface area contributed by atoms with Gasteiger partial charge in [0, 0.05) is 11.6 Å². The maximum absolute atomic E-state index is 10.8. The lowest BCUT2D eigenvalue weighted by molar-refractivity contribution is -0.221. The van der Waals surface area contributed by atoms with Crippen molar-refractivity contribution in [1.29, 1.82) is 0 Å². The number of hydrogen-bond donors (Lipinski definition) is 5. The number of carbonyl (C=O) groups is 1. The summed E-state index contributed by atoms with van der Waals surface area (Å²) >= 11 is 1.23. The summed E-state index contributed by atoms with van der Waals surface area (Å²) < 4.78 is 5.01. The minimum Gasteiger partial charge on any atom is -0.479 e. The maximum Gasteiger partial charge on any atom is 0.335 e. The third-order valence-electron chi connectivity index (χ3n) is 2.55. The number of aliphatic hydroxyl groups is 3. The largest absolute Gasteiger partial charge is 0.479 e. The van der Waals surface area contributed by atoms with Crippen LogP contribution in [0, 0.1) is 0 Å². The second-order valence-electron chi connectivity index (χ2n) is 3.77. The van der Waals surface area contributed by atoms with Gasteiger partial charge >= 0.3 is 5.97 Å². The zero-order valence-corrected chi connectivity index (χ0v) is 9.82. The van der Waals surface area contributed by atoms with Crippen molar-refractivity contribution in [1.82, 2.24) is 4.98 Å². The van der Waals surface area contributed by atoms with E-state index >= 15 is 0 Å². The van der Waals surface area contributed by atoms with Gasteiger partial charge in [0.2, 0.25) is 0 Å². The molecule has 1 aliphatic heterocycles. The van der Waals surface area contributed by atoms with E-state index < -0.39 is 36.6 Å². The minimum atomic E-state index is -1.69. The Hall–Kier alpha value is -1.26. The number of aliphatic hydroxyl groups excluding tert-OH is 3. The lowest BCUT2D eigenvalue weighted by atomic mass is 9.98. The highest BCUT2D eigenvalue weighted by Gasteiger charge is 2.47. The SMILES string of the molecule is O=C(O)C1OC(Nc2nccs2)C(O)C(O)C1O. The van der Waals surface area contributed by atoms with Gasteiger partial charge in [-0.1, -0.05) is 0 Å². The van der Waals surface area contributed by atoms with Crippen molar-refractivity contribution in [2.45, 2.75) is 30.6 Å². The second kappa shape index (κ2) is 5.16. The van der Waals surface area contributed by atoms with Gasteiger partial charge in [-0.25, -0.2) is 9.78 Å². The molecule has 0 aromatic carbocycles. The van der Waals surface area contributed by atoms with Crippen LogP contribution >= 0.6 is 11.3 Å². The van der Waals surface area contributed by atoms with Crippen LogP contribution in [0.15, 0.2) is 11.6 Å². The molecule has 0 bridgehead atoms. The normalized spacial score (nSPS) is 36.3. The van der Waals surface area contributed by atoms with E-state index in [9.17, 15) is 20.1 Å². The quantitative estimate of drug-likeness (QED) is 0.448. The first-order valence-corrected chi connectivity index (χ1v) is 5.97. The van der Waals surface area contributed by atoms with Crippen LogP contribution in [0.5, 0.6) is 0 Å². The van der Waals surface area contributed by atoms with Crippen molar-refractivity contribution < 1.29 is 30.0 Å². The summed E-state index contributed by atoms with van der Waals surface area (Å²) in [6, 6.07) is 0. The molecule has 0 saturated carbocycles. The van der Waals surface area contributed by atoms with E-state index in [4.69, 9.17) is 9.84 Å². The summed E-state index contributed by atoms with van der Waals surface area (Å²) in [5.41, 5.74) is 0. The van der Waals surface area contributed by atoms with E-state index in [2.05, 4.69) is 10.3 Å². The molecule has 1 fully saturated rings. The predicted octanol–water partition coefficient (Wildman–Crippen LogP) is -1.55. The molecule has 100 valence electrons. The van der Waals surface area contributed by atoms with Gasteiger partial charge in [-0.15, -0.1) is 11.3 Å². The molecule has 5 atom stereocenters. The van der Waals surface area contributed by atoms with Crippen LogP contribution in [0.3, 0.4) is 0 Å². The topological polar surface area (TPSA) is 132 Å². The van der Waals surface area contributed by atoms with Crippen LogP contribution in [0.4, 0.5) is 5.13 Å². The fourth-order valence-electron chi connectivity index (χ4n) is 1.62. The van der Waals surface area contributed by atoms with Gasteiger partial charge in [-0.2, -0.15) is 0 Å². The fourth-order valence-corrected chi connectivity index (χ4v) is 2.18. The van der Waals surface area contributed by atoms with Crippen LogP contribution in [-0.2, 0) is 9.53 Å². The number of rotatable bonds is 3. The number of nitrogens with one attached hydrogen (secondary N) is 1. The molecule has 9 heteroatoms. The predicted molar refractivity (Wildman–Crippen MR) is 60.1 cm³/mol. The first-order valence-electron chi connectivity index (χ1n) is 5.09. The summed E-state index contributed by atoms with van der Waals surface area (Å²) in [5.74, 6) is -1.42. The molecule has 2 rings (SSSR count). The molecule has 0 radical (unpaired) electrons. The molecule has 1 aromatic rings.